The standard InChI is InChI=1S/C15H20N2/c1-15(2,11-16)13-6-3-5-12(9-13)10-14-7-4-8-17-14/h3-9,17H,10-11,16H2,1-2H3. The van der Waals surface area contributed by atoms with E-state index in [9.17, 15) is 0 Å². The van der Waals surface area contributed by atoms with Crippen LogP contribution in [0.15, 0.2) is 42.6 Å². The molecule has 0 aliphatic carbocycles. The zero-order valence-corrected chi connectivity index (χ0v) is 10.5. The van der Waals surface area contributed by atoms with Gasteiger partial charge in [0.05, 0.1) is 0 Å². The second-order valence-electron chi connectivity index (χ2n) is 5.16. The molecule has 2 rings (SSSR count). The van der Waals surface area contributed by atoms with Gasteiger partial charge in [0, 0.05) is 30.3 Å². The van der Waals surface area contributed by atoms with Crippen molar-refractivity contribution in [3.63, 3.8) is 0 Å². The Balaban J connectivity index is 2.23. The lowest BCUT2D eigenvalue weighted by molar-refractivity contribution is 0.538. The molecule has 1 heterocycles. The van der Waals surface area contributed by atoms with E-state index in [0.717, 1.165) is 6.42 Å². The molecule has 0 aliphatic heterocycles. The monoisotopic (exact) mass is 228 g/mol. The van der Waals surface area contributed by atoms with Crippen LogP contribution in [-0.4, -0.2) is 11.5 Å². The van der Waals surface area contributed by atoms with Gasteiger partial charge >= 0.3 is 0 Å². The van der Waals surface area contributed by atoms with Crippen LogP contribution in [0.3, 0.4) is 0 Å². The first-order valence-corrected chi connectivity index (χ1v) is 6.03. The van der Waals surface area contributed by atoms with Crippen molar-refractivity contribution in [3.05, 3.63) is 59.4 Å². The summed E-state index contributed by atoms with van der Waals surface area (Å²) in [6, 6.07) is 12.8. The first kappa shape index (κ1) is 11.9. The van der Waals surface area contributed by atoms with Gasteiger partial charge in [-0.1, -0.05) is 38.1 Å². The van der Waals surface area contributed by atoms with Crippen LogP contribution in [0.1, 0.15) is 30.7 Å². The largest absolute Gasteiger partial charge is 0.365 e. The lowest BCUT2D eigenvalue weighted by Gasteiger charge is -2.23. The van der Waals surface area contributed by atoms with Crippen molar-refractivity contribution < 1.29 is 0 Å². The van der Waals surface area contributed by atoms with Crippen molar-refractivity contribution >= 4 is 0 Å². The molecule has 2 heteroatoms. The summed E-state index contributed by atoms with van der Waals surface area (Å²) in [4.78, 5) is 3.23. The maximum Gasteiger partial charge on any atom is 0.0191 e. The van der Waals surface area contributed by atoms with Crippen LogP contribution in [-0.2, 0) is 11.8 Å². The number of rotatable bonds is 4. The number of hydrogen-bond donors (Lipinski definition) is 2. The number of H-pyrrole nitrogens is 1. The molecule has 90 valence electrons. The van der Waals surface area contributed by atoms with Gasteiger partial charge in [-0.05, 0) is 23.3 Å². The zero-order valence-electron chi connectivity index (χ0n) is 10.5. The van der Waals surface area contributed by atoms with Crippen molar-refractivity contribution in [3.8, 4) is 0 Å². The molecule has 0 spiro atoms. The van der Waals surface area contributed by atoms with E-state index in [0.29, 0.717) is 6.54 Å². The third kappa shape index (κ3) is 2.77. The molecule has 0 fully saturated rings. The summed E-state index contributed by atoms with van der Waals surface area (Å²) in [5.41, 5.74) is 9.74. The highest BCUT2D eigenvalue weighted by Gasteiger charge is 2.18. The van der Waals surface area contributed by atoms with Crippen LogP contribution in [0.4, 0.5) is 0 Å². The van der Waals surface area contributed by atoms with Crippen LogP contribution < -0.4 is 5.73 Å². The second-order valence-corrected chi connectivity index (χ2v) is 5.16. The molecular formula is C15H20N2. The summed E-state index contributed by atoms with van der Waals surface area (Å²) in [5, 5.41) is 0. The van der Waals surface area contributed by atoms with Gasteiger partial charge in [-0.2, -0.15) is 0 Å². The van der Waals surface area contributed by atoms with Crippen LogP contribution in [0.5, 0.6) is 0 Å². The van der Waals surface area contributed by atoms with Gasteiger partial charge in [-0.15, -0.1) is 0 Å². The van der Waals surface area contributed by atoms with E-state index in [1.807, 2.05) is 12.3 Å². The maximum atomic E-state index is 5.82. The van der Waals surface area contributed by atoms with Gasteiger partial charge in [0.1, 0.15) is 0 Å². The highest BCUT2D eigenvalue weighted by molar-refractivity contribution is 5.31. The predicted molar refractivity (Wildman–Crippen MR) is 72.1 cm³/mol. The van der Waals surface area contributed by atoms with Gasteiger partial charge < -0.3 is 10.7 Å². The Morgan fingerprint density at radius 3 is 2.65 bits per heavy atom. The predicted octanol–water partition coefficient (Wildman–Crippen LogP) is 2.84. The van der Waals surface area contributed by atoms with Crippen LogP contribution in [0, 0.1) is 0 Å². The Hall–Kier alpha value is -1.54. The SMILES string of the molecule is CC(C)(CN)c1cccc(Cc2ccc[nH]2)c1. The number of nitrogens with two attached hydrogens (primary N) is 1. The smallest absolute Gasteiger partial charge is 0.0191 e. The molecule has 1 aromatic carbocycles. The Kier molecular flexibility index (Phi) is 3.34. The third-order valence-corrected chi connectivity index (χ3v) is 3.28. The molecule has 2 nitrogen and oxygen atoms in total. The summed E-state index contributed by atoms with van der Waals surface area (Å²) in [5.74, 6) is 0. The zero-order chi connectivity index (χ0) is 12.3. The molecule has 0 bridgehead atoms. The summed E-state index contributed by atoms with van der Waals surface area (Å²) in [6.45, 7) is 5.03. The summed E-state index contributed by atoms with van der Waals surface area (Å²) >= 11 is 0. The average Bonchev–Trinajstić information content (AvgIpc) is 2.82. The molecule has 2 aromatic rings. The Bertz CT molecular complexity index is 469. The first-order chi connectivity index (χ1) is 8.12. The fourth-order valence-electron chi connectivity index (χ4n) is 1.92. The highest BCUT2D eigenvalue weighted by atomic mass is 14.7. The van der Waals surface area contributed by atoms with Gasteiger partial charge in [0.2, 0.25) is 0 Å². The molecule has 0 amide bonds. The highest BCUT2D eigenvalue weighted by Crippen LogP contribution is 2.23. The number of aromatic amines is 1. The molecule has 0 saturated heterocycles. The Morgan fingerprint density at radius 1 is 1.18 bits per heavy atom. The van der Waals surface area contributed by atoms with Crippen LogP contribution in [0.2, 0.25) is 0 Å². The van der Waals surface area contributed by atoms with E-state index in [2.05, 4.69) is 49.2 Å². The average molecular weight is 228 g/mol. The normalized spacial score (nSPS) is 11.7. The third-order valence-electron chi connectivity index (χ3n) is 3.28. The fraction of sp³-hybridized carbons (Fsp3) is 0.333. The van der Waals surface area contributed by atoms with Crippen molar-refractivity contribution in [2.75, 3.05) is 6.54 Å². The van der Waals surface area contributed by atoms with E-state index in [4.69, 9.17) is 5.73 Å². The molecule has 0 unspecified atom stereocenters. The summed E-state index contributed by atoms with van der Waals surface area (Å²) in [6.07, 6.45) is 2.91. The lowest BCUT2D eigenvalue weighted by Crippen LogP contribution is -2.28. The van der Waals surface area contributed by atoms with Crippen LogP contribution in [0.25, 0.3) is 0 Å². The lowest BCUT2D eigenvalue weighted by atomic mass is 9.84. The number of aromatic nitrogens is 1. The fourth-order valence-corrected chi connectivity index (χ4v) is 1.92. The van der Waals surface area contributed by atoms with Crippen molar-refractivity contribution in [1.29, 1.82) is 0 Å². The Labute approximate surface area is 103 Å². The second kappa shape index (κ2) is 4.76. The van der Waals surface area contributed by atoms with E-state index >= 15 is 0 Å². The molecule has 3 N–H and O–H groups in total. The minimum absolute atomic E-state index is 0.0474. The van der Waals surface area contributed by atoms with Gasteiger partial charge in [0.15, 0.2) is 0 Å². The molecule has 1 aromatic heterocycles. The minimum Gasteiger partial charge on any atom is -0.365 e. The van der Waals surface area contributed by atoms with Crippen molar-refractivity contribution in [2.24, 2.45) is 5.73 Å². The van der Waals surface area contributed by atoms with Gasteiger partial charge in [-0.25, -0.2) is 0 Å². The summed E-state index contributed by atoms with van der Waals surface area (Å²) in [7, 11) is 0. The molecular weight excluding hydrogens is 208 g/mol. The first-order valence-electron chi connectivity index (χ1n) is 6.03. The topological polar surface area (TPSA) is 41.8 Å². The van der Waals surface area contributed by atoms with E-state index in [1.54, 1.807) is 0 Å². The van der Waals surface area contributed by atoms with Gasteiger partial charge in [0.25, 0.3) is 0 Å². The molecule has 0 atom stereocenters. The van der Waals surface area contributed by atoms with Crippen molar-refractivity contribution in [2.45, 2.75) is 25.7 Å². The summed E-state index contributed by atoms with van der Waals surface area (Å²) < 4.78 is 0. The maximum absolute atomic E-state index is 5.82. The molecule has 17 heavy (non-hydrogen) atoms. The Morgan fingerprint density at radius 2 is 2.00 bits per heavy atom. The van der Waals surface area contributed by atoms with E-state index in [1.165, 1.54) is 16.8 Å². The molecule has 0 aliphatic rings. The van der Waals surface area contributed by atoms with Crippen LogP contribution >= 0.6 is 0 Å². The minimum atomic E-state index is 0.0474. The number of hydrogen-bond acceptors (Lipinski definition) is 1. The quantitative estimate of drug-likeness (QED) is 0.830. The van der Waals surface area contributed by atoms with Crippen molar-refractivity contribution in [1.82, 2.24) is 4.98 Å². The molecule has 0 radical (unpaired) electrons. The van der Waals surface area contributed by atoms with E-state index < -0.39 is 0 Å². The molecule has 0 saturated carbocycles. The number of benzene rings is 1. The van der Waals surface area contributed by atoms with Gasteiger partial charge in [-0.3, -0.25) is 0 Å². The number of nitrogens with one attached hydrogen (secondary N) is 1. The van der Waals surface area contributed by atoms with E-state index in [-0.39, 0.29) is 5.41 Å².